The Morgan fingerprint density at radius 3 is 2.96 bits per heavy atom. The van der Waals surface area contributed by atoms with E-state index in [4.69, 9.17) is 0 Å². The van der Waals surface area contributed by atoms with Crippen LogP contribution in [0.1, 0.15) is 12.8 Å². The third kappa shape index (κ3) is 3.61. The number of anilines is 1. The number of hydrogen-bond donors (Lipinski definition) is 1. The number of rotatable bonds is 6. The minimum Gasteiger partial charge on any atom is -0.356 e. The number of nitrogens with zero attached hydrogens (tertiary/aromatic N) is 3. The predicted octanol–water partition coefficient (Wildman–Crippen LogP) is 1.58. The van der Waals surface area contributed by atoms with E-state index in [1.165, 1.54) is 11.0 Å². The van der Waals surface area contributed by atoms with Gasteiger partial charge in [0.1, 0.15) is 5.82 Å². The molecule has 1 aromatic carbocycles. The summed E-state index contributed by atoms with van der Waals surface area (Å²) in [4.78, 5) is 29.6. The van der Waals surface area contributed by atoms with Gasteiger partial charge in [0.15, 0.2) is 0 Å². The number of carbonyl (C=O) groups excluding carboxylic acids is 2. The first kappa shape index (κ1) is 16.2. The Labute approximate surface area is 139 Å². The summed E-state index contributed by atoms with van der Waals surface area (Å²) in [5, 5.41) is 2.85. The van der Waals surface area contributed by atoms with Crippen LogP contribution >= 0.6 is 0 Å². The summed E-state index contributed by atoms with van der Waals surface area (Å²) in [7, 11) is 0. The lowest BCUT2D eigenvalue weighted by molar-refractivity contribution is -0.126. The van der Waals surface area contributed by atoms with Crippen molar-refractivity contribution in [2.24, 2.45) is 5.92 Å². The number of carbonyl (C=O) groups is 2. The van der Waals surface area contributed by atoms with E-state index in [9.17, 15) is 14.0 Å². The van der Waals surface area contributed by atoms with E-state index >= 15 is 0 Å². The maximum absolute atomic E-state index is 13.8. The zero-order valence-electron chi connectivity index (χ0n) is 13.2. The lowest BCUT2D eigenvalue weighted by Gasteiger charge is -2.17. The lowest BCUT2D eigenvalue weighted by Crippen LogP contribution is -2.34. The number of benzene rings is 1. The first-order valence-electron chi connectivity index (χ1n) is 7.93. The molecular formula is C17H19FN4O2. The summed E-state index contributed by atoms with van der Waals surface area (Å²) in [6, 6.07) is 6.11. The molecule has 1 unspecified atom stereocenters. The molecule has 2 amide bonds. The summed E-state index contributed by atoms with van der Waals surface area (Å²) in [5.41, 5.74) is 0.234. The number of imidazole rings is 1. The van der Waals surface area contributed by atoms with Crippen LogP contribution in [0.4, 0.5) is 10.1 Å². The third-order valence-corrected chi connectivity index (χ3v) is 4.09. The topological polar surface area (TPSA) is 67.2 Å². The molecule has 1 aromatic heterocycles. The Kier molecular flexibility index (Phi) is 4.88. The van der Waals surface area contributed by atoms with Crippen LogP contribution in [0.2, 0.25) is 0 Å². The standard InChI is InChI=1S/C17H19FN4O2/c18-14-4-1-2-5-15(14)22-11-13(10-16(22)23)17(24)20-6-3-8-21-9-7-19-12-21/h1-2,4-5,7,9,12-13H,3,6,8,10-11H2,(H,20,24). The zero-order chi connectivity index (χ0) is 16.9. The van der Waals surface area contributed by atoms with Crippen molar-refractivity contribution >= 4 is 17.5 Å². The fraction of sp³-hybridized carbons (Fsp3) is 0.353. The molecule has 1 saturated heterocycles. The average Bonchev–Trinajstić information content (AvgIpc) is 3.22. The molecule has 1 aliphatic rings. The molecule has 2 aromatic rings. The quantitative estimate of drug-likeness (QED) is 0.818. The zero-order valence-corrected chi connectivity index (χ0v) is 13.2. The minimum atomic E-state index is -0.452. The van der Waals surface area contributed by atoms with Crippen molar-refractivity contribution in [1.29, 1.82) is 0 Å². The van der Waals surface area contributed by atoms with Crippen molar-refractivity contribution < 1.29 is 14.0 Å². The molecule has 0 bridgehead atoms. The van der Waals surface area contributed by atoms with Crippen LogP contribution in [-0.4, -0.2) is 34.5 Å². The Morgan fingerprint density at radius 1 is 1.38 bits per heavy atom. The number of hydrogen-bond acceptors (Lipinski definition) is 3. The largest absolute Gasteiger partial charge is 0.356 e. The van der Waals surface area contributed by atoms with E-state index in [1.807, 2.05) is 10.8 Å². The highest BCUT2D eigenvalue weighted by atomic mass is 19.1. The van der Waals surface area contributed by atoms with Gasteiger partial charge in [0.05, 0.1) is 17.9 Å². The number of aromatic nitrogens is 2. The first-order chi connectivity index (χ1) is 11.6. The predicted molar refractivity (Wildman–Crippen MR) is 86.7 cm³/mol. The smallest absolute Gasteiger partial charge is 0.227 e. The van der Waals surface area contributed by atoms with Crippen LogP contribution in [0.5, 0.6) is 0 Å². The van der Waals surface area contributed by atoms with Gasteiger partial charge in [-0.25, -0.2) is 9.37 Å². The second-order valence-corrected chi connectivity index (χ2v) is 5.80. The van der Waals surface area contributed by atoms with E-state index in [2.05, 4.69) is 10.3 Å². The van der Waals surface area contributed by atoms with Gasteiger partial charge >= 0.3 is 0 Å². The van der Waals surface area contributed by atoms with Crippen LogP contribution in [0.3, 0.4) is 0 Å². The van der Waals surface area contributed by atoms with Crippen LogP contribution in [0.15, 0.2) is 43.0 Å². The van der Waals surface area contributed by atoms with Gasteiger partial charge in [0.2, 0.25) is 11.8 Å². The Balaban J connectivity index is 1.50. The minimum absolute atomic E-state index is 0.113. The van der Waals surface area contributed by atoms with Gasteiger partial charge in [-0.2, -0.15) is 0 Å². The van der Waals surface area contributed by atoms with Crippen LogP contribution in [-0.2, 0) is 16.1 Å². The van der Waals surface area contributed by atoms with Gasteiger partial charge in [-0.05, 0) is 18.6 Å². The number of nitrogens with one attached hydrogen (secondary N) is 1. The van der Waals surface area contributed by atoms with Crippen LogP contribution in [0.25, 0.3) is 0 Å². The molecule has 1 N–H and O–H groups in total. The second kappa shape index (κ2) is 7.25. The van der Waals surface area contributed by atoms with Crippen LogP contribution in [0, 0.1) is 11.7 Å². The first-order valence-corrected chi connectivity index (χ1v) is 7.93. The third-order valence-electron chi connectivity index (χ3n) is 4.09. The highest BCUT2D eigenvalue weighted by molar-refractivity contribution is 6.00. The lowest BCUT2D eigenvalue weighted by atomic mass is 10.1. The Morgan fingerprint density at radius 2 is 2.21 bits per heavy atom. The van der Waals surface area contributed by atoms with Crippen molar-refractivity contribution in [3.63, 3.8) is 0 Å². The van der Waals surface area contributed by atoms with Crippen LogP contribution < -0.4 is 10.2 Å². The fourth-order valence-corrected chi connectivity index (χ4v) is 2.82. The maximum Gasteiger partial charge on any atom is 0.227 e. The molecule has 24 heavy (non-hydrogen) atoms. The van der Waals surface area contributed by atoms with E-state index in [0.717, 1.165) is 13.0 Å². The number of para-hydroxylation sites is 1. The van der Waals surface area contributed by atoms with Gasteiger partial charge in [-0.15, -0.1) is 0 Å². The van der Waals surface area contributed by atoms with Gasteiger partial charge in [0.25, 0.3) is 0 Å². The van der Waals surface area contributed by atoms with Crippen molar-refractivity contribution in [3.05, 3.63) is 48.8 Å². The van der Waals surface area contributed by atoms with Crippen molar-refractivity contribution in [1.82, 2.24) is 14.9 Å². The Hall–Kier alpha value is -2.70. The van der Waals surface area contributed by atoms with Gasteiger partial charge < -0.3 is 14.8 Å². The number of amides is 2. The van der Waals surface area contributed by atoms with Crippen molar-refractivity contribution in [2.45, 2.75) is 19.4 Å². The monoisotopic (exact) mass is 330 g/mol. The van der Waals surface area contributed by atoms with E-state index < -0.39 is 11.7 Å². The summed E-state index contributed by atoms with van der Waals surface area (Å²) in [6.45, 7) is 1.51. The molecule has 0 spiro atoms. The van der Waals surface area contributed by atoms with E-state index in [-0.39, 0.29) is 30.5 Å². The van der Waals surface area contributed by atoms with Crippen molar-refractivity contribution in [3.8, 4) is 0 Å². The Bertz CT molecular complexity index is 717. The number of aryl methyl sites for hydroxylation is 1. The highest BCUT2D eigenvalue weighted by Crippen LogP contribution is 2.27. The second-order valence-electron chi connectivity index (χ2n) is 5.80. The molecular weight excluding hydrogens is 311 g/mol. The molecule has 6 nitrogen and oxygen atoms in total. The molecule has 126 valence electrons. The highest BCUT2D eigenvalue weighted by Gasteiger charge is 2.35. The SMILES string of the molecule is O=C(NCCCn1ccnc1)C1CC(=O)N(c2ccccc2F)C1. The van der Waals surface area contributed by atoms with Gasteiger partial charge in [-0.3, -0.25) is 9.59 Å². The summed E-state index contributed by atoms with van der Waals surface area (Å²) in [6.07, 6.45) is 6.19. The molecule has 1 atom stereocenters. The number of halogens is 1. The fourth-order valence-electron chi connectivity index (χ4n) is 2.82. The molecule has 0 aliphatic carbocycles. The maximum atomic E-state index is 13.8. The van der Waals surface area contributed by atoms with Gasteiger partial charge in [-0.1, -0.05) is 12.1 Å². The molecule has 0 radical (unpaired) electrons. The van der Waals surface area contributed by atoms with Gasteiger partial charge in [0, 0.05) is 38.4 Å². The summed E-state index contributed by atoms with van der Waals surface area (Å²) < 4.78 is 15.8. The molecule has 1 fully saturated rings. The molecule has 7 heteroatoms. The van der Waals surface area contributed by atoms with E-state index in [0.29, 0.717) is 6.54 Å². The summed E-state index contributed by atoms with van der Waals surface area (Å²) >= 11 is 0. The van der Waals surface area contributed by atoms with E-state index in [1.54, 1.807) is 30.7 Å². The molecule has 1 aliphatic heterocycles. The molecule has 0 saturated carbocycles. The summed E-state index contributed by atoms with van der Waals surface area (Å²) in [5.74, 6) is -1.27. The average molecular weight is 330 g/mol. The normalized spacial score (nSPS) is 17.3. The molecule has 2 heterocycles. The van der Waals surface area contributed by atoms with Crippen molar-refractivity contribution in [2.75, 3.05) is 18.0 Å². The molecule has 3 rings (SSSR count).